The lowest BCUT2D eigenvalue weighted by Crippen LogP contribution is -1.88. The van der Waals surface area contributed by atoms with Gasteiger partial charge in [0.2, 0.25) is 0 Å². The molecule has 18 heavy (non-hydrogen) atoms. The maximum atomic E-state index is 11.8. The van der Waals surface area contributed by atoms with Crippen molar-refractivity contribution in [2.75, 3.05) is 7.11 Å². The number of hydrogen-bond acceptors (Lipinski definition) is 3. The maximum absolute atomic E-state index is 11.8. The predicted molar refractivity (Wildman–Crippen MR) is 78.4 cm³/mol. The topological polar surface area (TPSA) is 26.3 Å². The molecule has 2 aromatic rings. The summed E-state index contributed by atoms with van der Waals surface area (Å²) in [6.07, 6.45) is 3.38. The predicted octanol–water partition coefficient (Wildman–Crippen LogP) is 4.42. The minimum atomic E-state index is 0.0153. The van der Waals surface area contributed by atoms with E-state index in [-0.39, 0.29) is 5.78 Å². The van der Waals surface area contributed by atoms with Gasteiger partial charge in [-0.1, -0.05) is 18.2 Å². The molecule has 0 saturated carbocycles. The van der Waals surface area contributed by atoms with E-state index in [2.05, 4.69) is 15.9 Å². The van der Waals surface area contributed by atoms with Crippen LogP contribution in [0.2, 0.25) is 0 Å². The average molecular weight is 323 g/mol. The van der Waals surface area contributed by atoms with Gasteiger partial charge in [-0.3, -0.25) is 4.79 Å². The Hall–Kier alpha value is -1.39. The highest BCUT2D eigenvalue weighted by Gasteiger charge is 2.04. The van der Waals surface area contributed by atoms with Gasteiger partial charge in [-0.15, -0.1) is 11.3 Å². The molecule has 0 spiro atoms. The third-order valence-corrected chi connectivity index (χ3v) is 4.00. The minimum Gasteiger partial charge on any atom is -0.497 e. The van der Waals surface area contributed by atoms with Crippen LogP contribution in [0.15, 0.2) is 46.3 Å². The van der Waals surface area contributed by atoms with Gasteiger partial charge in [0, 0.05) is 0 Å². The van der Waals surface area contributed by atoms with E-state index in [1.807, 2.05) is 36.4 Å². The number of methoxy groups -OCH3 is 1. The number of carbonyl (C=O) groups excluding carboxylic acids is 1. The molecule has 2 rings (SSSR count). The molecule has 2 nitrogen and oxygen atoms in total. The van der Waals surface area contributed by atoms with E-state index in [0.29, 0.717) is 0 Å². The van der Waals surface area contributed by atoms with Gasteiger partial charge in [0.15, 0.2) is 5.78 Å². The number of ketones is 1. The first kappa shape index (κ1) is 13.1. The molecule has 0 atom stereocenters. The van der Waals surface area contributed by atoms with E-state index in [1.54, 1.807) is 19.3 Å². The van der Waals surface area contributed by atoms with Crippen LogP contribution in [0.25, 0.3) is 6.08 Å². The molecule has 0 aliphatic carbocycles. The molecule has 0 unspecified atom stereocenters. The van der Waals surface area contributed by atoms with Gasteiger partial charge >= 0.3 is 0 Å². The number of hydrogen-bond donors (Lipinski definition) is 0. The monoisotopic (exact) mass is 322 g/mol. The number of ether oxygens (including phenoxy) is 1. The fourth-order valence-electron chi connectivity index (χ4n) is 1.42. The number of benzene rings is 1. The standard InChI is InChI=1S/C14H11BrO2S/c1-17-11-5-2-10(3-6-11)4-7-12(16)13-8-9-14(15)18-13/h2-9H,1H3/b7-4+. The molecular formula is C14H11BrO2S. The van der Waals surface area contributed by atoms with Crippen molar-refractivity contribution in [1.82, 2.24) is 0 Å². The molecule has 1 heterocycles. The summed E-state index contributed by atoms with van der Waals surface area (Å²) in [5.41, 5.74) is 0.972. The van der Waals surface area contributed by atoms with Crippen molar-refractivity contribution in [1.29, 1.82) is 0 Å². The molecule has 1 aromatic carbocycles. The molecule has 0 saturated heterocycles. The Labute approximate surface area is 118 Å². The first-order valence-electron chi connectivity index (χ1n) is 5.31. The second-order valence-electron chi connectivity index (χ2n) is 3.57. The van der Waals surface area contributed by atoms with Crippen LogP contribution in [0.4, 0.5) is 0 Å². The number of halogens is 1. The summed E-state index contributed by atoms with van der Waals surface area (Å²) < 4.78 is 6.03. The van der Waals surface area contributed by atoms with Crippen LogP contribution in [-0.4, -0.2) is 12.9 Å². The van der Waals surface area contributed by atoms with Crippen LogP contribution in [0.3, 0.4) is 0 Å². The smallest absolute Gasteiger partial charge is 0.195 e. The first-order chi connectivity index (χ1) is 8.69. The highest BCUT2D eigenvalue weighted by atomic mass is 79.9. The van der Waals surface area contributed by atoms with Crippen LogP contribution in [0, 0.1) is 0 Å². The molecule has 1 aromatic heterocycles. The Balaban J connectivity index is 2.08. The Bertz CT molecular complexity index is 570. The summed E-state index contributed by atoms with van der Waals surface area (Å²) in [7, 11) is 1.63. The molecule has 0 bridgehead atoms. The van der Waals surface area contributed by atoms with E-state index < -0.39 is 0 Å². The highest BCUT2D eigenvalue weighted by molar-refractivity contribution is 9.11. The lowest BCUT2D eigenvalue weighted by Gasteiger charge is -1.98. The number of thiophene rings is 1. The number of rotatable bonds is 4. The quantitative estimate of drug-likeness (QED) is 0.615. The van der Waals surface area contributed by atoms with Gasteiger partial charge in [-0.05, 0) is 51.8 Å². The van der Waals surface area contributed by atoms with Gasteiger partial charge in [-0.2, -0.15) is 0 Å². The van der Waals surface area contributed by atoms with Crippen LogP contribution < -0.4 is 4.74 Å². The first-order valence-corrected chi connectivity index (χ1v) is 6.92. The fraction of sp³-hybridized carbons (Fsp3) is 0.0714. The molecule has 0 amide bonds. The van der Waals surface area contributed by atoms with Crippen molar-refractivity contribution in [2.45, 2.75) is 0 Å². The van der Waals surface area contributed by atoms with Crippen LogP contribution in [0.5, 0.6) is 5.75 Å². The molecule has 92 valence electrons. The van der Waals surface area contributed by atoms with Gasteiger partial charge in [0.1, 0.15) is 5.75 Å². The molecule has 0 aliphatic heterocycles. The maximum Gasteiger partial charge on any atom is 0.195 e. The number of carbonyl (C=O) groups is 1. The largest absolute Gasteiger partial charge is 0.497 e. The van der Waals surface area contributed by atoms with Crippen molar-refractivity contribution in [3.05, 3.63) is 56.7 Å². The van der Waals surface area contributed by atoms with Crippen molar-refractivity contribution in [2.24, 2.45) is 0 Å². The molecule has 0 fully saturated rings. The minimum absolute atomic E-state index is 0.0153. The Morgan fingerprint density at radius 1 is 1.22 bits per heavy atom. The summed E-state index contributed by atoms with van der Waals surface area (Å²) in [4.78, 5) is 12.6. The molecule has 0 radical (unpaired) electrons. The Kier molecular flexibility index (Phi) is 4.33. The summed E-state index contributed by atoms with van der Waals surface area (Å²) in [5.74, 6) is 0.821. The summed E-state index contributed by atoms with van der Waals surface area (Å²) in [5, 5.41) is 0. The molecule has 4 heteroatoms. The Morgan fingerprint density at radius 2 is 1.94 bits per heavy atom. The highest BCUT2D eigenvalue weighted by Crippen LogP contribution is 2.23. The molecule has 0 aliphatic rings. The van der Waals surface area contributed by atoms with E-state index >= 15 is 0 Å². The zero-order valence-corrected chi connectivity index (χ0v) is 12.1. The third-order valence-electron chi connectivity index (χ3n) is 2.36. The second-order valence-corrected chi connectivity index (χ2v) is 6.04. The van der Waals surface area contributed by atoms with Gasteiger partial charge in [0.05, 0.1) is 15.8 Å². The zero-order chi connectivity index (χ0) is 13.0. The van der Waals surface area contributed by atoms with Crippen LogP contribution in [0.1, 0.15) is 15.2 Å². The Morgan fingerprint density at radius 3 is 2.50 bits per heavy atom. The van der Waals surface area contributed by atoms with E-state index in [9.17, 15) is 4.79 Å². The van der Waals surface area contributed by atoms with Crippen LogP contribution >= 0.6 is 27.3 Å². The zero-order valence-electron chi connectivity index (χ0n) is 9.72. The van der Waals surface area contributed by atoms with E-state index in [0.717, 1.165) is 20.0 Å². The lowest BCUT2D eigenvalue weighted by atomic mass is 10.2. The van der Waals surface area contributed by atoms with Crippen molar-refractivity contribution in [3.8, 4) is 5.75 Å². The third kappa shape index (κ3) is 3.31. The van der Waals surface area contributed by atoms with Crippen molar-refractivity contribution < 1.29 is 9.53 Å². The average Bonchev–Trinajstić information content (AvgIpc) is 2.83. The van der Waals surface area contributed by atoms with Crippen molar-refractivity contribution >= 4 is 39.1 Å². The van der Waals surface area contributed by atoms with Gasteiger partial charge in [-0.25, -0.2) is 0 Å². The molecular weight excluding hydrogens is 312 g/mol. The summed E-state index contributed by atoms with van der Waals surface area (Å²) >= 11 is 4.77. The fourth-order valence-corrected chi connectivity index (χ4v) is 2.72. The lowest BCUT2D eigenvalue weighted by molar-refractivity contribution is 0.105. The van der Waals surface area contributed by atoms with Gasteiger partial charge < -0.3 is 4.74 Å². The summed E-state index contributed by atoms with van der Waals surface area (Å²) in [6, 6.07) is 11.2. The van der Waals surface area contributed by atoms with E-state index in [4.69, 9.17) is 4.74 Å². The molecule has 0 N–H and O–H groups in total. The van der Waals surface area contributed by atoms with Gasteiger partial charge in [0.25, 0.3) is 0 Å². The normalized spacial score (nSPS) is 10.8. The van der Waals surface area contributed by atoms with Crippen molar-refractivity contribution in [3.63, 3.8) is 0 Å². The van der Waals surface area contributed by atoms with E-state index in [1.165, 1.54) is 11.3 Å². The second kappa shape index (κ2) is 5.98. The number of allylic oxidation sites excluding steroid dienone is 1. The summed E-state index contributed by atoms with van der Waals surface area (Å²) in [6.45, 7) is 0. The van der Waals surface area contributed by atoms with Crippen LogP contribution in [-0.2, 0) is 0 Å². The SMILES string of the molecule is COc1ccc(/C=C/C(=O)c2ccc(Br)s2)cc1.